The molecule has 0 saturated carbocycles. The van der Waals surface area contributed by atoms with E-state index >= 15 is 0 Å². The minimum Gasteiger partial charge on any atom is -0.394 e. The third-order valence-electron chi connectivity index (χ3n) is 10.1. The van der Waals surface area contributed by atoms with E-state index in [1.165, 1.54) is 109 Å². The zero-order chi connectivity index (χ0) is 36.3. The number of nitrogens with one attached hydrogen (secondary N) is 1. The molecule has 0 aromatic rings. The van der Waals surface area contributed by atoms with Crippen LogP contribution >= 0.6 is 0 Å². The van der Waals surface area contributed by atoms with Gasteiger partial charge in [-0.2, -0.15) is 0 Å². The van der Waals surface area contributed by atoms with Crippen LogP contribution < -0.4 is 11.1 Å². The second kappa shape index (κ2) is 29.3. The number of aliphatic hydroxyl groups is 3. The summed E-state index contributed by atoms with van der Waals surface area (Å²) in [6, 6.07) is -1.86. The van der Waals surface area contributed by atoms with Crippen LogP contribution in [0.15, 0.2) is 0 Å². The summed E-state index contributed by atoms with van der Waals surface area (Å²) in [6.07, 6.45) is 23.5. The Morgan fingerprint density at radius 3 is 1.55 bits per heavy atom. The van der Waals surface area contributed by atoms with Crippen LogP contribution in [0, 0.1) is 5.92 Å². The number of carbonyl (C=O) groups excluding carboxylic acids is 2. The maximum Gasteiger partial charge on any atom is 0.237 e. The summed E-state index contributed by atoms with van der Waals surface area (Å²) in [5.74, 6) is -0.347. The predicted octanol–water partition coefficient (Wildman–Crippen LogP) is 7.51. The average Bonchev–Trinajstić information content (AvgIpc) is 3.07. The summed E-state index contributed by atoms with van der Waals surface area (Å²) < 4.78 is 6.13. The van der Waals surface area contributed by atoms with Gasteiger partial charge in [0.15, 0.2) is 6.23 Å². The molecule has 9 heteroatoms. The lowest BCUT2D eigenvalue weighted by atomic mass is 9.94. The quantitative estimate of drug-likeness (QED) is 0.0472. The minimum absolute atomic E-state index is 0.0892. The first kappa shape index (κ1) is 45.8. The largest absolute Gasteiger partial charge is 0.394 e. The molecule has 6 atom stereocenters. The molecule has 1 fully saturated rings. The number of hydrogen-bond acceptors (Lipinski definition) is 7. The molecule has 290 valence electrons. The van der Waals surface area contributed by atoms with Crippen molar-refractivity contribution in [2.45, 2.75) is 225 Å². The van der Waals surface area contributed by atoms with Gasteiger partial charge in [0.1, 0.15) is 24.4 Å². The Morgan fingerprint density at radius 2 is 1.12 bits per heavy atom. The van der Waals surface area contributed by atoms with Gasteiger partial charge in [-0.15, -0.1) is 0 Å². The van der Waals surface area contributed by atoms with E-state index in [4.69, 9.17) is 10.5 Å². The molecule has 0 aliphatic carbocycles. The molecule has 6 N–H and O–H groups in total. The molecule has 1 heterocycles. The Morgan fingerprint density at radius 1 is 0.694 bits per heavy atom. The number of aliphatic hydroxyl groups excluding tert-OH is 3. The van der Waals surface area contributed by atoms with Crippen LogP contribution in [-0.4, -0.2) is 81.8 Å². The lowest BCUT2D eigenvalue weighted by molar-refractivity contribution is -0.231. The number of rotatable bonds is 31. The number of carbonyl (C=O) groups is 2. The van der Waals surface area contributed by atoms with Gasteiger partial charge < -0.3 is 36.0 Å². The summed E-state index contributed by atoms with van der Waals surface area (Å²) >= 11 is 0. The maximum atomic E-state index is 13.8. The fourth-order valence-electron chi connectivity index (χ4n) is 7.01. The van der Waals surface area contributed by atoms with E-state index < -0.39 is 49.1 Å². The van der Waals surface area contributed by atoms with Crippen LogP contribution in [-0.2, 0) is 14.3 Å². The Hall–Kier alpha value is -1.26. The lowest BCUT2D eigenvalue weighted by Gasteiger charge is -2.47. The number of unbranched alkanes of at least 4 members (excludes halogenated alkanes) is 21. The Balaban J connectivity index is 2.78. The van der Waals surface area contributed by atoms with Crippen molar-refractivity contribution >= 4 is 11.8 Å². The van der Waals surface area contributed by atoms with E-state index in [1.807, 2.05) is 13.8 Å². The molecular formula is C40H79N3O6. The van der Waals surface area contributed by atoms with Gasteiger partial charge in [0, 0.05) is 13.0 Å². The molecule has 0 bridgehead atoms. The van der Waals surface area contributed by atoms with Crippen LogP contribution in [0.2, 0.25) is 0 Å². The Kier molecular flexibility index (Phi) is 27.4. The normalized spacial score (nSPS) is 21.6. The second-order valence-corrected chi connectivity index (χ2v) is 15.3. The first-order valence-corrected chi connectivity index (χ1v) is 20.7. The van der Waals surface area contributed by atoms with Crippen molar-refractivity contribution in [3.8, 4) is 0 Å². The minimum atomic E-state index is -1.43. The lowest BCUT2D eigenvalue weighted by Crippen LogP contribution is -2.69. The zero-order valence-electron chi connectivity index (χ0n) is 32.2. The van der Waals surface area contributed by atoms with Gasteiger partial charge in [0.2, 0.25) is 11.8 Å². The molecule has 0 radical (unpaired) electrons. The van der Waals surface area contributed by atoms with E-state index in [2.05, 4.69) is 19.2 Å². The second-order valence-electron chi connectivity index (χ2n) is 15.3. The van der Waals surface area contributed by atoms with Gasteiger partial charge in [-0.05, 0) is 25.2 Å². The smallest absolute Gasteiger partial charge is 0.237 e. The highest BCUT2D eigenvalue weighted by Crippen LogP contribution is 2.26. The zero-order valence-corrected chi connectivity index (χ0v) is 32.2. The summed E-state index contributed by atoms with van der Waals surface area (Å²) in [5, 5.41) is 34.7. The highest BCUT2D eigenvalue weighted by Gasteiger charge is 2.48. The van der Waals surface area contributed by atoms with Gasteiger partial charge in [0.25, 0.3) is 0 Å². The van der Waals surface area contributed by atoms with E-state index in [0.29, 0.717) is 19.4 Å². The molecule has 1 aliphatic heterocycles. The number of amides is 2. The molecule has 0 aromatic carbocycles. The van der Waals surface area contributed by atoms with Crippen LogP contribution in [0.1, 0.15) is 188 Å². The summed E-state index contributed by atoms with van der Waals surface area (Å²) in [4.78, 5) is 28.6. The number of ether oxygens (including phenoxy) is 1. The van der Waals surface area contributed by atoms with Gasteiger partial charge in [-0.3, -0.25) is 9.59 Å². The fraction of sp³-hybridized carbons (Fsp3) is 0.950. The van der Waals surface area contributed by atoms with Crippen molar-refractivity contribution in [1.82, 2.24) is 10.2 Å². The third-order valence-corrected chi connectivity index (χ3v) is 10.1. The van der Waals surface area contributed by atoms with Gasteiger partial charge in [0.05, 0.1) is 12.6 Å². The maximum absolute atomic E-state index is 13.8. The average molecular weight is 698 g/mol. The van der Waals surface area contributed by atoms with Crippen molar-refractivity contribution in [2.75, 3.05) is 13.2 Å². The molecule has 0 spiro atoms. The molecule has 5 unspecified atom stereocenters. The highest BCUT2D eigenvalue weighted by atomic mass is 16.5. The molecule has 9 nitrogen and oxygen atoms in total. The van der Waals surface area contributed by atoms with Crippen molar-refractivity contribution in [2.24, 2.45) is 11.7 Å². The number of nitrogens with two attached hydrogens (primary N) is 1. The van der Waals surface area contributed by atoms with Crippen molar-refractivity contribution in [3.63, 3.8) is 0 Å². The topological polar surface area (TPSA) is 145 Å². The Labute approximate surface area is 300 Å². The van der Waals surface area contributed by atoms with E-state index in [0.717, 1.165) is 38.5 Å². The van der Waals surface area contributed by atoms with Gasteiger partial charge in [-0.1, -0.05) is 163 Å². The standard InChI is InChI=1S/C40H79N3O6/c1-5-7-9-11-13-15-16-17-18-19-21-23-25-27-29-43(35(45)28-26-24-22-20-14-12-10-8-6-2)40-36(38(47)37(46)34(31-44)49-40)42-39(48)33(41)30-32(3)4/h32-34,36-38,40,44,46-47H,5-31,41H2,1-4H3,(H,42,48)/t33-,34?,36?,37?,38?,40?/m0/s1. The first-order chi connectivity index (χ1) is 23.7. The van der Waals surface area contributed by atoms with Crippen LogP contribution in [0.5, 0.6) is 0 Å². The number of hydrogen-bond donors (Lipinski definition) is 5. The van der Waals surface area contributed by atoms with Gasteiger partial charge >= 0.3 is 0 Å². The van der Waals surface area contributed by atoms with E-state index in [9.17, 15) is 24.9 Å². The fourth-order valence-corrected chi connectivity index (χ4v) is 7.01. The van der Waals surface area contributed by atoms with Crippen LogP contribution in [0.3, 0.4) is 0 Å². The molecular weight excluding hydrogens is 618 g/mol. The monoisotopic (exact) mass is 698 g/mol. The van der Waals surface area contributed by atoms with E-state index in [-0.39, 0.29) is 11.8 Å². The SMILES string of the molecule is CCCCCCCCCCCCCCCCN(C(=O)CCCCCCCCCCC)C1OC(CO)C(O)C(O)C1NC(=O)[C@@H](N)CC(C)C. The molecule has 1 saturated heterocycles. The highest BCUT2D eigenvalue weighted by molar-refractivity contribution is 5.82. The third kappa shape index (κ3) is 20.4. The Bertz CT molecular complexity index is 815. The summed E-state index contributed by atoms with van der Waals surface area (Å²) in [5.41, 5.74) is 6.17. The predicted molar refractivity (Wildman–Crippen MR) is 201 cm³/mol. The van der Waals surface area contributed by atoms with Crippen molar-refractivity contribution in [1.29, 1.82) is 0 Å². The van der Waals surface area contributed by atoms with E-state index in [1.54, 1.807) is 4.90 Å². The first-order valence-electron chi connectivity index (χ1n) is 20.7. The van der Waals surface area contributed by atoms with Crippen molar-refractivity contribution in [3.05, 3.63) is 0 Å². The molecule has 49 heavy (non-hydrogen) atoms. The summed E-state index contributed by atoms with van der Waals surface area (Å²) in [6.45, 7) is 8.35. The molecule has 0 aromatic heterocycles. The van der Waals surface area contributed by atoms with Crippen LogP contribution in [0.4, 0.5) is 0 Å². The number of nitrogens with zero attached hydrogens (tertiary/aromatic N) is 1. The van der Waals surface area contributed by atoms with Gasteiger partial charge in [-0.25, -0.2) is 0 Å². The molecule has 1 aliphatic rings. The van der Waals surface area contributed by atoms with Crippen molar-refractivity contribution < 1.29 is 29.6 Å². The molecule has 2 amide bonds. The summed E-state index contributed by atoms with van der Waals surface area (Å²) in [7, 11) is 0. The van der Waals surface area contributed by atoms with Crippen LogP contribution in [0.25, 0.3) is 0 Å². The molecule has 1 rings (SSSR count).